The molecule has 1 aromatic carbocycles. The molecule has 28 heavy (non-hydrogen) atoms. The summed E-state index contributed by atoms with van der Waals surface area (Å²) >= 11 is 6.14. The Morgan fingerprint density at radius 3 is 2.82 bits per heavy atom. The Bertz CT molecular complexity index is 858. The van der Waals surface area contributed by atoms with Gasteiger partial charge in [-0.25, -0.2) is 4.39 Å². The largest absolute Gasteiger partial charge is 0.382 e. The predicted molar refractivity (Wildman–Crippen MR) is 109 cm³/mol. The molecule has 3 heterocycles. The molecule has 2 fully saturated rings. The summed E-state index contributed by atoms with van der Waals surface area (Å²) < 4.78 is 13.4. The van der Waals surface area contributed by atoms with E-state index in [-0.39, 0.29) is 18.9 Å². The van der Waals surface area contributed by atoms with Gasteiger partial charge in [0.25, 0.3) is 0 Å². The van der Waals surface area contributed by atoms with E-state index in [9.17, 15) is 9.18 Å². The standard InChI is InChI=1S/C20H25ClFN5O/c21-13-1-2-17-16(9-13)18(3-6-24-17)25-15-4-7-26(8-5-15)12-20(28)27-11-14(22)10-19(27)23/h1-3,6,9,14-15,19H,4-5,7-8,10-12,23H2,(H,24,25)/t14-,19-/m0/s1. The Morgan fingerprint density at radius 1 is 1.32 bits per heavy atom. The van der Waals surface area contributed by atoms with E-state index in [1.807, 2.05) is 24.3 Å². The van der Waals surface area contributed by atoms with E-state index in [0.29, 0.717) is 17.6 Å². The first-order valence-corrected chi connectivity index (χ1v) is 10.1. The maximum Gasteiger partial charge on any atom is 0.238 e. The number of amides is 1. The summed E-state index contributed by atoms with van der Waals surface area (Å²) in [4.78, 5) is 20.4. The summed E-state index contributed by atoms with van der Waals surface area (Å²) in [5.41, 5.74) is 7.80. The van der Waals surface area contributed by atoms with Gasteiger partial charge in [0, 0.05) is 47.8 Å². The minimum atomic E-state index is -1.00. The van der Waals surface area contributed by atoms with Crippen LogP contribution >= 0.6 is 11.6 Å². The van der Waals surface area contributed by atoms with Gasteiger partial charge in [-0.1, -0.05) is 11.6 Å². The molecule has 1 aromatic heterocycles. The van der Waals surface area contributed by atoms with Gasteiger partial charge in [0.2, 0.25) is 5.91 Å². The molecule has 6 nitrogen and oxygen atoms in total. The zero-order chi connectivity index (χ0) is 19.7. The fourth-order valence-corrected chi connectivity index (χ4v) is 4.25. The first-order valence-electron chi connectivity index (χ1n) is 9.72. The quantitative estimate of drug-likeness (QED) is 0.817. The zero-order valence-corrected chi connectivity index (χ0v) is 16.4. The van der Waals surface area contributed by atoms with Crippen molar-refractivity contribution in [2.75, 3.05) is 31.5 Å². The SMILES string of the molecule is N[C@@H]1C[C@H](F)CN1C(=O)CN1CCC(Nc2ccnc3ccc(Cl)cc23)CC1. The van der Waals surface area contributed by atoms with Crippen LogP contribution in [0.25, 0.3) is 10.9 Å². The van der Waals surface area contributed by atoms with Crippen molar-refractivity contribution in [2.24, 2.45) is 5.73 Å². The van der Waals surface area contributed by atoms with E-state index in [2.05, 4.69) is 15.2 Å². The van der Waals surface area contributed by atoms with Gasteiger partial charge in [0.15, 0.2) is 0 Å². The number of carbonyl (C=O) groups excluding carboxylic acids is 1. The van der Waals surface area contributed by atoms with Crippen LogP contribution in [0.5, 0.6) is 0 Å². The second-order valence-electron chi connectivity index (χ2n) is 7.66. The number of fused-ring (bicyclic) bond motifs is 1. The van der Waals surface area contributed by atoms with Crippen molar-refractivity contribution >= 4 is 34.1 Å². The number of aromatic nitrogens is 1. The summed E-state index contributed by atoms with van der Waals surface area (Å²) in [6, 6.07) is 7.98. The van der Waals surface area contributed by atoms with Crippen LogP contribution in [0, 0.1) is 0 Å². The highest BCUT2D eigenvalue weighted by Gasteiger charge is 2.33. The lowest BCUT2D eigenvalue weighted by Crippen LogP contribution is -2.48. The van der Waals surface area contributed by atoms with E-state index in [0.717, 1.165) is 42.5 Å². The van der Waals surface area contributed by atoms with Gasteiger partial charge in [0.05, 0.1) is 24.8 Å². The van der Waals surface area contributed by atoms with Crippen molar-refractivity contribution in [3.8, 4) is 0 Å². The molecule has 2 saturated heterocycles. The lowest BCUT2D eigenvalue weighted by atomic mass is 10.0. The van der Waals surface area contributed by atoms with E-state index in [4.69, 9.17) is 17.3 Å². The number of nitrogens with zero attached hydrogens (tertiary/aromatic N) is 3. The molecular formula is C20H25ClFN5O. The van der Waals surface area contributed by atoms with Gasteiger partial charge in [-0.3, -0.25) is 14.7 Å². The number of likely N-dealkylation sites (tertiary alicyclic amines) is 2. The smallest absolute Gasteiger partial charge is 0.238 e. The Hall–Kier alpha value is -1.96. The van der Waals surface area contributed by atoms with Crippen LogP contribution in [0.15, 0.2) is 30.5 Å². The van der Waals surface area contributed by atoms with Gasteiger partial charge < -0.3 is 16.0 Å². The zero-order valence-electron chi connectivity index (χ0n) is 15.7. The highest BCUT2D eigenvalue weighted by molar-refractivity contribution is 6.31. The number of hydrogen-bond donors (Lipinski definition) is 2. The molecule has 0 bridgehead atoms. The molecule has 1 amide bonds. The van der Waals surface area contributed by atoms with Crippen molar-refractivity contribution in [3.63, 3.8) is 0 Å². The number of nitrogens with one attached hydrogen (secondary N) is 1. The number of anilines is 1. The molecule has 2 aliphatic heterocycles. The molecule has 0 saturated carbocycles. The molecular weight excluding hydrogens is 381 g/mol. The number of benzene rings is 1. The first-order chi connectivity index (χ1) is 13.5. The lowest BCUT2D eigenvalue weighted by Gasteiger charge is -2.34. The third-order valence-electron chi connectivity index (χ3n) is 5.62. The molecule has 0 spiro atoms. The average molecular weight is 406 g/mol. The van der Waals surface area contributed by atoms with Crippen LogP contribution in [0.3, 0.4) is 0 Å². The van der Waals surface area contributed by atoms with Crippen molar-refractivity contribution in [1.82, 2.24) is 14.8 Å². The Balaban J connectivity index is 1.32. The predicted octanol–water partition coefficient (Wildman–Crippen LogP) is 2.62. The molecule has 3 N–H and O–H groups in total. The average Bonchev–Trinajstić information content (AvgIpc) is 3.02. The summed E-state index contributed by atoms with van der Waals surface area (Å²) in [5, 5.41) is 5.30. The molecule has 2 aromatic rings. The van der Waals surface area contributed by atoms with Crippen LogP contribution in [-0.4, -0.2) is 65.2 Å². The lowest BCUT2D eigenvalue weighted by molar-refractivity contribution is -0.133. The second kappa shape index (κ2) is 8.19. The van der Waals surface area contributed by atoms with Gasteiger partial charge in [-0.05, 0) is 37.1 Å². The second-order valence-corrected chi connectivity index (χ2v) is 8.10. The summed E-state index contributed by atoms with van der Waals surface area (Å²) in [6.45, 7) is 2.06. The van der Waals surface area contributed by atoms with Crippen LogP contribution < -0.4 is 11.1 Å². The number of piperidine rings is 1. The van der Waals surface area contributed by atoms with Gasteiger partial charge in [-0.2, -0.15) is 0 Å². The Labute approximate surface area is 168 Å². The van der Waals surface area contributed by atoms with Crippen LogP contribution in [0.2, 0.25) is 5.02 Å². The van der Waals surface area contributed by atoms with Gasteiger partial charge in [-0.15, -0.1) is 0 Å². The monoisotopic (exact) mass is 405 g/mol. The molecule has 150 valence electrons. The molecule has 4 rings (SSSR count). The highest BCUT2D eigenvalue weighted by atomic mass is 35.5. The van der Waals surface area contributed by atoms with Crippen molar-refractivity contribution in [2.45, 2.75) is 37.6 Å². The summed E-state index contributed by atoms with van der Waals surface area (Å²) in [5.74, 6) is -0.0752. The summed E-state index contributed by atoms with van der Waals surface area (Å²) in [6.07, 6.45) is 2.39. The molecule has 8 heteroatoms. The number of pyridine rings is 1. The maximum atomic E-state index is 13.4. The Kier molecular flexibility index (Phi) is 5.66. The van der Waals surface area contributed by atoms with E-state index < -0.39 is 12.3 Å². The first kappa shape index (κ1) is 19.4. The normalized spacial score (nSPS) is 24.0. The minimum Gasteiger partial charge on any atom is -0.382 e. The fourth-order valence-electron chi connectivity index (χ4n) is 4.08. The molecule has 2 atom stereocenters. The molecule has 2 aliphatic rings. The number of carbonyl (C=O) groups is 1. The third kappa shape index (κ3) is 4.21. The molecule has 0 unspecified atom stereocenters. The van der Waals surface area contributed by atoms with E-state index in [1.165, 1.54) is 4.90 Å². The summed E-state index contributed by atoms with van der Waals surface area (Å²) in [7, 11) is 0. The maximum absolute atomic E-state index is 13.4. The van der Waals surface area contributed by atoms with Crippen molar-refractivity contribution < 1.29 is 9.18 Å². The van der Waals surface area contributed by atoms with E-state index in [1.54, 1.807) is 6.20 Å². The minimum absolute atomic E-state index is 0.0752. The number of alkyl halides is 1. The van der Waals surface area contributed by atoms with Gasteiger partial charge >= 0.3 is 0 Å². The van der Waals surface area contributed by atoms with E-state index >= 15 is 0 Å². The van der Waals surface area contributed by atoms with Gasteiger partial charge in [0.1, 0.15) is 6.17 Å². The highest BCUT2D eigenvalue weighted by Crippen LogP contribution is 2.27. The topological polar surface area (TPSA) is 74.5 Å². The van der Waals surface area contributed by atoms with Crippen LogP contribution in [-0.2, 0) is 4.79 Å². The van der Waals surface area contributed by atoms with Crippen LogP contribution in [0.1, 0.15) is 19.3 Å². The number of rotatable bonds is 4. The van der Waals surface area contributed by atoms with Crippen molar-refractivity contribution in [3.05, 3.63) is 35.5 Å². The van der Waals surface area contributed by atoms with Crippen LogP contribution in [0.4, 0.5) is 10.1 Å². The molecule has 0 aliphatic carbocycles. The third-order valence-corrected chi connectivity index (χ3v) is 5.86. The number of halogens is 2. The number of hydrogen-bond acceptors (Lipinski definition) is 5. The molecule has 0 radical (unpaired) electrons. The Morgan fingerprint density at radius 2 is 2.11 bits per heavy atom. The fraction of sp³-hybridized carbons (Fsp3) is 0.500. The van der Waals surface area contributed by atoms with Crippen molar-refractivity contribution in [1.29, 1.82) is 0 Å². The number of nitrogens with two attached hydrogens (primary N) is 1.